The number of halogens is 2. The molecule has 1 aliphatic carbocycles. The van der Waals surface area contributed by atoms with Crippen molar-refractivity contribution in [1.29, 1.82) is 0 Å². The molecule has 36 heavy (non-hydrogen) atoms. The van der Waals surface area contributed by atoms with Gasteiger partial charge in [-0.3, -0.25) is 4.79 Å². The first-order valence-electron chi connectivity index (χ1n) is 12.4. The third-order valence-electron chi connectivity index (χ3n) is 6.90. The summed E-state index contributed by atoms with van der Waals surface area (Å²) in [6.45, 7) is 2.95. The van der Waals surface area contributed by atoms with Crippen LogP contribution in [0.15, 0.2) is 54.6 Å². The summed E-state index contributed by atoms with van der Waals surface area (Å²) in [7, 11) is 0. The summed E-state index contributed by atoms with van der Waals surface area (Å²) in [6.07, 6.45) is 4.78. The van der Waals surface area contributed by atoms with Crippen LogP contribution in [-0.2, 0) is 6.61 Å². The maximum Gasteiger partial charge on any atom is 0.254 e. The fourth-order valence-corrected chi connectivity index (χ4v) is 5.11. The number of likely N-dealkylation sites (tertiary alicyclic amines) is 1. The first-order chi connectivity index (χ1) is 17.5. The molecule has 3 N–H and O–H groups in total. The Hall–Kier alpha value is -2.80. The Morgan fingerprint density at radius 3 is 2.47 bits per heavy atom. The van der Waals surface area contributed by atoms with Gasteiger partial charge in [-0.05, 0) is 74.5 Å². The molecule has 2 aliphatic rings. The number of anilines is 1. The van der Waals surface area contributed by atoms with Crippen LogP contribution < -0.4 is 15.8 Å². The number of hydrogen-bond acceptors (Lipinski definition) is 5. The molecule has 1 saturated heterocycles. The average molecular weight is 525 g/mol. The van der Waals surface area contributed by atoms with E-state index in [4.69, 9.17) is 33.7 Å². The topological polar surface area (TPSA) is 80.5 Å². The molecule has 1 atom stereocenters. The highest BCUT2D eigenvalue weighted by Crippen LogP contribution is 2.30. The number of carbonyl (C=O) groups excluding carboxylic acids is 1. The third kappa shape index (κ3) is 5.77. The number of benzene rings is 2. The van der Waals surface area contributed by atoms with Gasteiger partial charge in [-0.25, -0.2) is 4.98 Å². The summed E-state index contributed by atoms with van der Waals surface area (Å²) in [5, 5.41) is 4.63. The maximum atomic E-state index is 13.2. The van der Waals surface area contributed by atoms with Gasteiger partial charge in [0, 0.05) is 45.9 Å². The zero-order chi connectivity index (χ0) is 25.1. The second-order valence-corrected chi connectivity index (χ2v) is 10.4. The minimum absolute atomic E-state index is 0.0896. The van der Waals surface area contributed by atoms with Gasteiger partial charge < -0.3 is 20.7 Å². The first kappa shape index (κ1) is 24.9. The molecule has 2 aromatic carbocycles. The number of nitrogens with zero attached hydrogens (tertiary/aromatic N) is 2. The van der Waals surface area contributed by atoms with E-state index in [9.17, 15) is 4.79 Å². The molecule has 5 rings (SSSR count). The van der Waals surface area contributed by atoms with Gasteiger partial charge in [-0.2, -0.15) is 0 Å². The second kappa shape index (κ2) is 11.1. The number of hydrogen-bond donors (Lipinski definition) is 2. The van der Waals surface area contributed by atoms with Crippen LogP contribution in [0, 0.1) is 5.92 Å². The predicted octanol–water partition coefficient (Wildman–Crippen LogP) is 5.82. The van der Waals surface area contributed by atoms with E-state index >= 15 is 0 Å². The van der Waals surface area contributed by atoms with E-state index in [1.165, 1.54) is 12.8 Å². The fourth-order valence-electron chi connectivity index (χ4n) is 4.61. The Morgan fingerprint density at radius 1 is 1.03 bits per heavy atom. The summed E-state index contributed by atoms with van der Waals surface area (Å²) in [6, 6.07) is 16.8. The lowest BCUT2D eigenvalue weighted by molar-refractivity contribution is 0.0735. The first-order valence-corrected chi connectivity index (χ1v) is 13.2. The molecule has 2 heterocycles. The number of nitrogen functional groups attached to an aromatic ring is 1. The van der Waals surface area contributed by atoms with Crippen molar-refractivity contribution in [2.24, 2.45) is 5.92 Å². The number of aromatic nitrogens is 1. The largest absolute Gasteiger partial charge is 0.485 e. The Kier molecular flexibility index (Phi) is 7.65. The Morgan fingerprint density at radius 2 is 1.78 bits per heavy atom. The summed E-state index contributed by atoms with van der Waals surface area (Å²) < 4.78 is 5.83. The van der Waals surface area contributed by atoms with Crippen LogP contribution in [0.5, 0.6) is 5.75 Å². The van der Waals surface area contributed by atoms with Gasteiger partial charge in [-0.15, -0.1) is 0 Å². The molecule has 1 saturated carbocycles. The number of nitrogens with two attached hydrogens (primary N) is 1. The molecular weight excluding hydrogens is 495 g/mol. The van der Waals surface area contributed by atoms with Gasteiger partial charge in [0.25, 0.3) is 5.91 Å². The van der Waals surface area contributed by atoms with E-state index in [1.807, 2.05) is 35.2 Å². The molecule has 6 nitrogen and oxygen atoms in total. The van der Waals surface area contributed by atoms with Gasteiger partial charge in [0.05, 0.1) is 5.69 Å². The van der Waals surface area contributed by atoms with Crippen LogP contribution in [0.1, 0.15) is 41.6 Å². The van der Waals surface area contributed by atoms with E-state index in [0.717, 1.165) is 44.0 Å². The summed E-state index contributed by atoms with van der Waals surface area (Å²) in [5.41, 5.74) is 9.14. The van der Waals surface area contributed by atoms with Gasteiger partial charge in [-0.1, -0.05) is 41.4 Å². The number of amides is 1. The van der Waals surface area contributed by atoms with E-state index in [-0.39, 0.29) is 24.4 Å². The molecule has 1 aliphatic heterocycles. The van der Waals surface area contributed by atoms with Gasteiger partial charge in [0.2, 0.25) is 0 Å². The van der Waals surface area contributed by atoms with Crippen molar-refractivity contribution in [2.45, 2.75) is 38.3 Å². The number of pyridine rings is 1. The standard InChI is InChI=1S/C28H30Cl2N4O2/c29-23-4-1-5-24(30)22(23)17-36-26-13-12-25(33-27(26)31)19-8-10-20(11-9-19)28(35)34-14-2-3-21(34)16-32-15-18-6-7-18/h1,4-5,8-13,18,21,32H,2-3,6-7,14-17H2,(H2,31,33)/t21-/m1/s1. The van der Waals surface area contributed by atoms with Crippen molar-refractivity contribution in [3.8, 4) is 17.0 Å². The third-order valence-corrected chi connectivity index (χ3v) is 7.60. The monoisotopic (exact) mass is 524 g/mol. The number of ether oxygens (including phenoxy) is 1. The zero-order valence-corrected chi connectivity index (χ0v) is 21.6. The van der Waals surface area contributed by atoms with E-state index in [0.29, 0.717) is 32.6 Å². The van der Waals surface area contributed by atoms with Crippen molar-refractivity contribution >= 4 is 34.9 Å². The highest BCUT2D eigenvalue weighted by atomic mass is 35.5. The van der Waals surface area contributed by atoms with Crippen LogP contribution in [-0.4, -0.2) is 41.5 Å². The molecule has 1 aromatic heterocycles. The molecule has 188 valence electrons. The van der Waals surface area contributed by atoms with Crippen LogP contribution in [0.2, 0.25) is 10.0 Å². The average Bonchev–Trinajstić information content (AvgIpc) is 3.59. The van der Waals surface area contributed by atoms with Gasteiger partial charge in [0.1, 0.15) is 6.61 Å². The quantitative estimate of drug-likeness (QED) is 0.368. The van der Waals surface area contributed by atoms with Crippen LogP contribution in [0.25, 0.3) is 11.3 Å². The molecule has 0 unspecified atom stereocenters. The Bertz CT molecular complexity index is 1210. The summed E-state index contributed by atoms with van der Waals surface area (Å²) in [4.78, 5) is 19.7. The second-order valence-electron chi connectivity index (χ2n) is 9.54. The summed E-state index contributed by atoms with van der Waals surface area (Å²) in [5.74, 6) is 1.66. The van der Waals surface area contributed by atoms with Crippen molar-refractivity contribution in [1.82, 2.24) is 15.2 Å². The normalized spacial score (nSPS) is 17.4. The molecule has 3 aromatic rings. The van der Waals surface area contributed by atoms with Crippen LogP contribution in [0.4, 0.5) is 5.82 Å². The lowest BCUT2D eigenvalue weighted by Crippen LogP contribution is -2.42. The maximum absolute atomic E-state index is 13.2. The molecule has 0 spiro atoms. The minimum atomic E-state index is 0.0896. The number of nitrogens with one attached hydrogen (secondary N) is 1. The van der Waals surface area contributed by atoms with Gasteiger partial charge >= 0.3 is 0 Å². The van der Waals surface area contributed by atoms with Gasteiger partial charge in [0.15, 0.2) is 11.6 Å². The molecule has 0 bridgehead atoms. The molecule has 1 amide bonds. The molecule has 8 heteroatoms. The van der Waals surface area contributed by atoms with Crippen LogP contribution >= 0.6 is 23.2 Å². The number of carbonyl (C=O) groups is 1. The SMILES string of the molecule is Nc1nc(-c2ccc(C(=O)N3CCC[C@@H]3CNCC3CC3)cc2)ccc1OCc1c(Cl)cccc1Cl. The highest BCUT2D eigenvalue weighted by molar-refractivity contribution is 6.35. The zero-order valence-electron chi connectivity index (χ0n) is 20.1. The lowest BCUT2D eigenvalue weighted by atomic mass is 10.1. The van der Waals surface area contributed by atoms with E-state index < -0.39 is 0 Å². The van der Waals surface area contributed by atoms with E-state index in [1.54, 1.807) is 24.3 Å². The molecule has 2 fully saturated rings. The van der Waals surface area contributed by atoms with Crippen molar-refractivity contribution in [3.63, 3.8) is 0 Å². The van der Waals surface area contributed by atoms with Crippen molar-refractivity contribution in [2.75, 3.05) is 25.4 Å². The van der Waals surface area contributed by atoms with Crippen LogP contribution in [0.3, 0.4) is 0 Å². The fraction of sp³-hybridized carbons (Fsp3) is 0.357. The van der Waals surface area contributed by atoms with E-state index in [2.05, 4.69) is 10.3 Å². The molecule has 0 radical (unpaired) electrons. The smallest absolute Gasteiger partial charge is 0.254 e. The van der Waals surface area contributed by atoms with Crippen molar-refractivity contribution in [3.05, 3.63) is 75.8 Å². The molecular formula is C28H30Cl2N4O2. The number of rotatable bonds is 9. The predicted molar refractivity (Wildman–Crippen MR) is 145 cm³/mol. The Labute approximate surface area is 221 Å². The lowest BCUT2D eigenvalue weighted by Gasteiger charge is -2.25. The van der Waals surface area contributed by atoms with Crippen molar-refractivity contribution < 1.29 is 9.53 Å². The Balaban J connectivity index is 1.22. The highest BCUT2D eigenvalue weighted by Gasteiger charge is 2.30. The summed E-state index contributed by atoms with van der Waals surface area (Å²) >= 11 is 12.4. The minimum Gasteiger partial charge on any atom is -0.485 e.